The maximum Gasteiger partial charge on any atom is 0.223 e. The fourth-order valence-electron chi connectivity index (χ4n) is 1.40. The molecule has 0 atom stereocenters. The van der Waals surface area contributed by atoms with Gasteiger partial charge in [-0.3, -0.25) is 4.79 Å². The highest BCUT2D eigenvalue weighted by molar-refractivity contribution is 5.80. The first-order valence-corrected chi connectivity index (χ1v) is 4.01. The largest absolute Gasteiger partial charge is 0.369 e. The smallest absolute Gasteiger partial charge is 0.223 e. The summed E-state index contributed by atoms with van der Waals surface area (Å²) in [5.74, 6) is -0.162. The van der Waals surface area contributed by atoms with Crippen molar-refractivity contribution in [2.75, 3.05) is 0 Å². The Kier molecular flexibility index (Phi) is 2.03. The molecular formula is C9H15NO. The highest BCUT2D eigenvalue weighted by Gasteiger charge is 2.33. The summed E-state index contributed by atoms with van der Waals surface area (Å²) in [6, 6.07) is 0. The average Bonchev–Trinajstić information content (AvgIpc) is 1.95. The maximum atomic E-state index is 11.0. The van der Waals surface area contributed by atoms with Gasteiger partial charge in [-0.05, 0) is 25.7 Å². The van der Waals surface area contributed by atoms with E-state index in [4.69, 9.17) is 5.73 Å². The second-order valence-electron chi connectivity index (χ2n) is 3.67. The molecule has 0 unspecified atom stereocenters. The van der Waals surface area contributed by atoms with Crippen molar-refractivity contribution < 1.29 is 4.79 Å². The van der Waals surface area contributed by atoms with Crippen LogP contribution >= 0.6 is 0 Å². The van der Waals surface area contributed by atoms with E-state index < -0.39 is 0 Å². The summed E-state index contributed by atoms with van der Waals surface area (Å²) in [4.78, 5) is 11.0. The summed E-state index contributed by atoms with van der Waals surface area (Å²) >= 11 is 0. The number of amides is 1. The van der Waals surface area contributed by atoms with Crippen LogP contribution in [0.15, 0.2) is 12.2 Å². The van der Waals surface area contributed by atoms with Gasteiger partial charge in [-0.2, -0.15) is 0 Å². The fraction of sp³-hybridized carbons (Fsp3) is 0.667. The molecule has 0 aliphatic heterocycles. The van der Waals surface area contributed by atoms with Crippen molar-refractivity contribution in [2.24, 2.45) is 11.1 Å². The van der Waals surface area contributed by atoms with Crippen LogP contribution in [-0.2, 0) is 4.79 Å². The molecular weight excluding hydrogens is 138 g/mol. The summed E-state index contributed by atoms with van der Waals surface area (Å²) in [5.41, 5.74) is 6.27. The molecule has 1 saturated carbocycles. The number of carbonyl (C=O) groups is 1. The SMILES string of the molecule is C=C1CCC(C)(C(N)=O)CC1. The lowest BCUT2D eigenvalue weighted by molar-refractivity contribution is -0.127. The molecule has 0 spiro atoms. The molecule has 0 radical (unpaired) electrons. The van der Waals surface area contributed by atoms with Crippen molar-refractivity contribution in [1.82, 2.24) is 0 Å². The van der Waals surface area contributed by atoms with Gasteiger partial charge in [-0.15, -0.1) is 0 Å². The molecule has 0 aromatic heterocycles. The zero-order chi connectivity index (χ0) is 8.48. The van der Waals surface area contributed by atoms with Gasteiger partial charge < -0.3 is 5.73 Å². The van der Waals surface area contributed by atoms with Gasteiger partial charge in [-0.25, -0.2) is 0 Å². The summed E-state index contributed by atoms with van der Waals surface area (Å²) in [5, 5.41) is 0. The zero-order valence-electron chi connectivity index (χ0n) is 7.02. The lowest BCUT2D eigenvalue weighted by Crippen LogP contribution is -2.36. The first kappa shape index (κ1) is 8.31. The standard InChI is InChI=1S/C9H15NO/c1-7-3-5-9(2,6-4-7)8(10)11/h1,3-6H2,2H3,(H2,10,11). The second-order valence-corrected chi connectivity index (χ2v) is 3.67. The van der Waals surface area contributed by atoms with E-state index in [0.717, 1.165) is 25.7 Å². The van der Waals surface area contributed by atoms with E-state index in [9.17, 15) is 4.79 Å². The molecule has 0 aromatic rings. The molecule has 1 rings (SSSR count). The number of primary amides is 1. The molecule has 0 aromatic carbocycles. The highest BCUT2D eigenvalue weighted by atomic mass is 16.1. The van der Waals surface area contributed by atoms with Gasteiger partial charge in [0.25, 0.3) is 0 Å². The minimum Gasteiger partial charge on any atom is -0.369 e. The summed E-state index contributed by atoms with van der Waals surface area (Å²) in [6.45, 7) is 5.83. The quantitative estimate of drug-likeness (QED) is 0.571. The third-order valence-corrected chi connectivity index (χ3v) is 2.66. The Morgan fingerprint density at radius 3 is 2.36 bits per heavy atom. The van der Waals surface area contributed by atoms with E-state index in [0.29, 0.717) is 0 Å². The van der Waals surface area contributed by atoms with Crippen molar-refractivity contribution in [3.63, 3.8) is 0 Å². The topological polar surface area (TPSA) is 43.1 Å². The van der Waals surface area contributed by atoms with Crippen LogP contribution in [0.2, 0.25) is 0 Å². The van der Waals surface area contributed by atoms with Crippen LogP contribution < -0.4 is 5.73 Å². The summed E-state index contributed by atoms with van der Waals surface area (Å²) in [7, 11) is 0. The Morgan fingerprint density at radius 2 is 2.00 bits per heavy atom. The van der Waals surface area contributed by atoms with E-state index in [1.807, 2.05) is 6.92 Å². The van der Waals surface area contributed by atoms with Gasteiger partial charge in [0.2, 0.25) is 5.91 Å². The van der Waals surface area contributed by atoms with E-state index in [1.54, 1.807) is 0 Å². The Hall–Kier alpha value is -0.790. The Labute approximate surface area is 67.5 Å². The molecule has 2 heteroatoms. The molecule has 0 heterocycles. The Morgan fingerprint density at radius 1 is 1.55 bits per heavy atom. The molecule has 2 N–H and O–H groups in total. The fourth-order valence-corrected chi connectivity index (χ4v) is 1.40. The van der Waals surface area contributed by atoms with Gasteiger partial charge in [-0.1, -0.05) is 19.1 Å². The predicted octanol–water partition coefficient (Wildman–Crippen LogP) is 1.61. The van der Waals surface area contributed by atoms with Gasteiger partial charge >= 0.3 is 0 Å². The van der Waals surface area contributed by atoms with Crippen molar-refractivity contribution >= 4 is 5.91 Å². The molecule has 1 aliphatic carbocycles. The zero-order valence-corrected chi connectivity index (χ0v) is 7.02. The molecule has 0 saturated heterocycles. The molecule has 1 fully saturated rings. The summed E-state index contributed by atoms with van der Waals surface area (Å²) < 4.78 is 0. The maximum absolute atomic E-state index is 11.0. The van der Waals surface area contributed by atoms with Crippen molar-refractivity contribution in [3.05, 3.63) is 12.2 Å². The van der Waals surface area contributed by atoms with Crippen LogP contribution in [0.3, 0.4) is 0 Å². The number of hydrogen-bond donors (Lipinski definition) is 1. The van der Waals surface area contributed by atoms with Crippen LogP contribution in [0.4, 0.5) is 0 Å². The van der Waals surface area contributed by atoms with Crippen LogP contribution in [0.1, 0.15) is 32.6 Å². The monoisotopic (exact) mass is 153 g/mol. The van der Waals surface area contributed by atoms with Crippen LogP contribution in [0.5, 0.6) is 0 Å². The molecule has 62 valence electrons. The molecule has 2 nitrogen and oxygen atoms in total. The first-order valence-electron chi connectivity index (χ1n) is 4.01. The van der Waals surface area contributed by atoms with E-state index in [1.165, 1.54) is 5.57 Å². The second kappa shape index (κ2) is 2.68. The third kappa shape index (κ3) is 1.62. The normalized spacial score (nSPS) is 23.2. The lowest BCUT2D eigenvalue weighted by atomic mass is 9.74. The number of hydrogen-bond acceptors (Lipinski definition) is 1. The van der Waals surface area contributed by atoms with E-state index in [2.05, 4.69) is 6.58 Å². The Balaban J connectivity index is 2.62. The lowest BCUT2D eigenvalue weighted by Gasteiger charge is -2.31. The molecule has 0 bridgehead atoms. The molecule has 11 heavy (non-hydrogen) atoms. The van der Waals surface area contributed by atoms with Gasteiger partial charge in [0, 0.05) is 5.41 Å². The Bertz CT molecular complexity index is 186. The highest BCUT2D eigenvalue weighted by Crippen LogP contribution is 2.37. The number of nitrogens with two attached hydrogens (primary N) is 1. The van der Waals surface area contributed by atoms with Crippen LogP contribution in [0.25, 0.3) is 0 Å². The van der Waals surface area contributed by atoms with Gasteiger partial charge in [0.05, 0.1) is 0 Å². The van der Waals surface area contributed by atoms with Gasteiger partial charge in [0.15, 0.2) is 0 Å². The van der Waals surface area contributed by atoms with Crippen LogP contribution in [0, 0.1) is 5.41 Å². The molecule has 1 aliphatic rings. The van der Waals surface area contributed by atoms with Crippen LogP contribution in [-0.4, -0.2) is 5.91 Å². The van der Waals surface area contributed by atoms with E-state index in [-0.39, 0.29) is 11.3 Å². The van der Waals surface area contributed by atoms with E-state index >= 15 is 0 Å². The molecule has 1 amide bonds. The minimum absolute atomic E-state index is 0.162. The van der Waals surface area contributed by atoms with Crippen molar-refractivity contribution in [1.29, 1.82) is 0 Å². The number of rotatable bonds is 1. The summed E-state index contributed by atoms with van der Waals surface area (Å²) in [6.07, 6.45) is 3.67. The third-order valence-electron chi connectivity index (χ3n) is 2.66. The number of allylic oxidation sites excluding steroid dienone is 1. The van der Waals surface area contributed by atoms with Crippen molar-refractivity contribution in [3.8, 4) is 0 Å². The predicted molar refractivity (Wildman–Crippen MR) is 44.9 cm³/mol. The van der Waals surface area contributed by atoms with Gasteiger partial charge in [0.1, 0.15) is 0 Å². The number of carbonyl (C=O) groups excluding carboxylic acids is 1. The average molecular weight is 153 g/mol. The van der Waals surface area contributed by atoms with Crippen molar-refractivity contribution in [2.45, 2.75) is 32.6 Å². The minimum atomic E-state index is -0.263. The first-order chi connectivity index (χ1) is 5.04.